The van der Waals surface area contributed by atoms with Gasteiger partial charge in [0.25, 0.3) is 6.72 Å². The van der Waals surface area contributed by atoms with E-state index in [0.717, 1.165) is 0 Å². The van der Waals surface area contributed by atoms with Crippen molar-refractivity contribution in [3.63, 3.8) is 0 Å². The van der Waals surface area contributed by atoms with Gasteiger partial charge in [0, 0.05) is 20.3 Å². The molecule has 0 fully saturated rings. The highest BCUT2D eigenvalue weighted by Gasteiger charge is 2.12. The maximum Gasteiger partial charge on any atom is 0.297 e. The monoisotopic (exact) mass is 201 g/mol. The van der Waals surface area contributed by atoms with Crippen LogP contribution in [0.15, 0.2) is 0 Å². The molecule has 0 saturated carbocycles. The standard InChI is InChI=1S/C4H12NO4PS/c1-4(6)5-11(3)10(7,8)9-2/h7-8H,1-3H3,(H,5,6). The lowest BCUT2D eigenvalue weighted by Gasteiger charge is -2.14. The maximum atomic E-state index is 10.5. The molecule has 0 aromatic rings. The Morgan fingerprint density at radius 2 is 2.09 bits per heavy atom. The van der Waals surface area contributed by atoms with Gasteiger partial charge in [-0.3, -0.25) is 4.79 Å². The van der Waals surface area contributed by atoms with Crippen molar-refractivity contribution in [1.82, 2.24) is 4.72 Å². The van der Waals surface area contributed by atoms with Crippen LogP contribution in [0.5, 0.6) is 0 Å². The topological polar surface area (TPSA) is 78.8 Å². The third-order valence-corrected chi connectivity index (χ3v) is 5.52. The summed E-state index contributed by atoms with van der Waals surface area (Å²) in [5.41, 5.74) is 0. The van der Waals surface area contributed by atoms with E-state index in [0.29, 0.717) is 0 Å². The number of nitrogens with one attached hydrogen (secondary N) is 1. The first kappa shape index (κ1) is 11.1. The molecule has 3 N–H and O–H groups in total. The minimum Gasteiger partial charge on any atom is -0.327 e. The number of carbonyl (C=O) groups is 1. The molecule has 1 unspecified atom stereocenters. The third kappa shape index (κ3) is 3.88. The van der Waals surface area contributed by atoms with E-state index in [-0.39, 0.29) is 5.91 Å². The Morgan fingerprint density at radius 3 is 2.36 bits per heavy atom. The Kier molecular flexibility index (Phi) is 4.28. The summed E-state index contributed by atoms with van der Waals surface area (Å²) in [7, 11) is 0.184. The van der Waals surface area contributed by atoms with E-state index in [9.17, 15) is 4.79 Å². The molecule has 0 aliphatic rings. The van der Waals surface area contributed by atoms with Gasteiger partial charge in [-0.2, -0.15) is 0 Å². The van der Waals surface area contributed by atoms with Crippen LogP contribution < -0.4 is 4.72 Å². The lowest BCUT2D eigenvalue weighted by atomic mass is 10.8. The Labute approximate surface area is 67.7 Å². The van der Waals surface area contributed by atoms with Crippen molar-refractivity contribution in [1.29, 1.82) is 0 Å². The first-order chi connectivity index (χ1) is 4.90. The summed E-state index contributed by atoms with van der Waals surface area (Å²) >= 11 is 0. The molecule has 0 spiro atoms. The second-order valence-corrected chi connectivity index (χ2v) is 7.39. The summed E-state index contributed by atoms with van der Waals surface area (Å²) in [6.45, 7) is -2.07. The van der Waals surface area contributed by atoms with Crippen molar-refractivity contribution in [3.05, 3.63) is 0 Å². The molecular formula is C4H12NO4PS. The Balaban J connectivity index is 4.52. The zero-order valence-corrected chi connectivity index (χ0v) is 8.28. The predicted molar refractivity (Wildman–Crippen MR) is 45.5 cm³/mol. The Bertz CT molecular complexity index is 210. The summed E-state index contributed by atoms with van der Waals surface area (Å²) in [6, 6.07) is 0. The zero-order chi connectivity index (χ0) is 9.07. The second-order valence-electron chi connectivity index (χ2n) is 1.81. The van der Waals surface area contributed by atoms with Crippen LogP contribution in [0.2, 0.25) is 0 Å². The number of amides is 1. The van der Waals surface area contributed by atoms with Crippen LogP contribution in [0, 0.1) is 0 Å². The zero-order valence-electron chi connectivity index (χ0n) is 6.57. The van der Waals surface area contributed by atoms with E-state index in [1.807, 2.05) is 0 Å². The first-order valence-corrected chi connectivity index (χ1v) is 6.59. The molecule has 0 saturated heterocycles. The van der Waals surface area contributed by atoms with Crippen molar-refractivity contribution in [2.24, 2.45) is 0 Å². The molecule has 1 amide bonds. The molecule has 0 aromatic carbocycles. The van der Waals surface area contributed by atoms with E-state index in [1.165, 1.54) is 20.3 Å². The number of carbonyl (C=O) groups excluding carboxylic acids is 1. The summed E-state index contributed by atoms with van der Waals surface area (Å²) in [5.74, 6) is -0.305. The van der Waals surface area contributed by atoms with Crippen LogP contribution in [-0.4, -0.2) is 29.1 Å². The van der Waals surface area contributed by atoms with E-state index in [1.54, 1.807) is 0 Å². The molecule has 68 valence electrons. The van der Waals surface area contributed by atoms with Crippen molar-refractivity contribution in [2.45, 2.75) is 6.92 Å². The SMILES string of the molecule is COP(O)(O)=S(C)NC(C)=O. The van der Waals surface area contributed by atoms with Crippen LogP contribution in [0.4, 0.5) is 0 Å². The number of rotatable bonds is 2. The molecule has 0 heterocycles. The van der Waals surface area contributed by atoms with Crippen LogP contribution in [0.1, 0.15) is 6.92 Å². The summed E-state index contributed by atoms with van der Waals surface area (Å²) in [6.07, 6.45) is 1.50. The number of hydrogen-bond acceptors (Lipinski definition) is 2. The molecule has 5 nitrogen and oxygen atoms in total. The smallest absolute Gasteiger partial charge is 0.297 e. The van der Waals surface area contributed by atoms with Gasteiger partial charge in [-0.05, 0) is 10.3 Å². The molecular weight excluding hydrogens is 189 g/mol. The molecule has 1 atom stereocenters. The molecule has 0 aromatic heterocycles. The van der Waals surface area contributed by atoms with Crippen LogP contribution in [-0.2, 0) is 19.6 Å². The minimum absolute atomic E-state index is 0.305. The molecule has 0 rings (SSSR count). The van der Waals surface area contributed by atoms with E-state index in [2.05, 4.69) is 9.25 Å². The number of hydrogen-bond donors (Lipinski definition) is 3. The Morgan fingerprint density at radius 1 is 1.64 bits per heavy atom. The highest BCUT2D eigenvalue weighted by Crippen LogP contribution is 2.40. The lowest BCUT2D eigenvalue weighted by molar-refractivity contribution is -0.117. The van der Waals surface area contributed by atoms with E-state index in [4.69, 9.17) is 9.79 Å². The van der Waals surface area contributed by atoms with Gasteiger partial charge in [0.15, 0.2) is 0 Å². The summed E-state index contributed by atoms with van der Waals surface area (Å²) < 4.78 is 6.77. The van der Waals surface area contributed by atoms with Gasteiger partial charge >= 0.3 is 0 Å². The fourth-order valence-electron chi connectivity index (χ4n) is 0.379. The molecule has 0 aliphatic heterocycles. The molecule has 0 bridgehead atoms. The summed E-state index contributed by atoms with van der Waals surface area (Å²) in [5, 5.41) is 0. The average Bonchev–Trinajstić information content (AvgIpc) is 1.86. The lowest BCUT2D eigenvalue weighted by Crippen LogP contribution is -2.22. The third-order valence-electron chi connectivity index (χ3n) is 0.886. The van der Waals surface area contributed by atoms with Crippen molar-refractivity contribution >= 4 is 22.9 Å². The quantitative estimate of drug-likeness (QED) is 0.531. The Hall–Kier alpha value is 0.130. The van der Waals surface area contributed by atoms with Gasteiger partial charge in [-0.1, -0.05) is 0 Å². The van der Waals surface area contributed by atoms with Gasteiger partial charge in [0.05, 0.1) is 0 Å². The van der Waals surface area contributed by atoms with E-state index >= 15 is 0 Å². The molecule has 7 heteroatoms. The largest absolute Gasteiger partial charge is 0.327 e. The van der Waals surface area contributed by atoms with Crippen LogP contribution in [0.3, 0.4) is 0 Å². The fourth-order valence-corrected chi connectivity index (χ4v) is 2.55. The first-order valence-electron chi connectivity index (χ1n) is 2.74. The van der Waals surface area contributed by atoms with Gasteiger partial charge in [0.1, 0.15) is 0 Å². The average molecular weight is 201 g/mol. The molecule has 0 aliphatic carbocycles. The van der Waals surface area contributed by atoms with E-state index < -0.39 is 17.0 Å². The fraction of sp³-hybridized carbons (Fsp3) is 0.750. The summed E-state index contributed by atoms with van der Waals surface area (Å²) in [4.78, 5) is 28.6. The maximum absolute atomic E-state index is 10.5. The second kappa shape index (κ2) is 4.23. The normalized spacial score (nSPS) is 14.3. The molecule has 0 radical (unpaired) electrons. The highest BCUT2D eigenvalue weighted by molar-refractivity contribution is 8.26. The van der Waals surface area contributed by atoms with Crippen molar-refractivity contribution in [2.75, 3.05) is 13.4 Å². The van der Waals surface area contributed by atoms with Gasteiger partial charge in [0.2, 0.25) is 5.91 Å². The van der Waals surface area contributed by atoms with Crippen LogP contribution in [0.25, 0.3) is 0 Å². The van der Waals surface area contributed by atoms with Crippen LogP contribution >= 0.6 is 6.72 Å². The van der Waals surface area contributed by atoms with Gasteiger partial charge in [-0.15, -0.1) is 0 Å². The van der Waals surface area contributed by atoms with Crippen molar-refractivity contribution < 1.29 is 19.1 Å². The predicted octanol–water partition coefficient (Wildman–Crippen LogP) is -0.406. The van der Waals surface area contributed by atoms with Gasteiger partial charge in [-0.25, -0.2) is 0 Å². The highest BCUT2D eigenvalue weighted by atomic mass is 32.5. The van der Waals surface area contributed by atoms with Crippen molar-refractivity contribution in [3.8, 4) is 0 Å². The molecule has 11 heavy (non-hydrogen) atoms. The van der Waals surface area contributed by atoms with Gasteiger partial charge < -0.3 is 19.0 Å². The minimum atomic E-state index is -3.37.